The molecule has 266 valence electrons. The average Bonchev–Trinajstić information content (AvgIpc) is 3.96. The second-order valence-electron chi connectivity index (χ2n) is 14.4. The van der Waals surface area contributed by atoms with Gasteiger partial charge in [-0.1, -0.05) is 115 Å². The summed E-state index contributed by atoms with van der Waals surface area (Å²) < 4.78 is 15.4. The van der Waals surface area contributed by atoms with Crippen LogP contribution in [-0.4, -0.2) is 15.0 Å². The van der Waals surface area contributed by atoms with Crippen molar-refractivity contribution in [2.24, 2.45) is 0 Å². The first-order valence-electron chi connectivity index (χ1n) is 18.9. The van der Waals surface area contributed by atoms with Gasteiger partial charge in [-0.05, 0) is 82.9 Å². The van der Waals surface area contributed by atoms with Crippen molar-refractivity contribution in [1.29, 1.82) is 0 Å². The van der Waals surface area contributed by atoms with E-state index in [-0.39, 0.29) is 0 Å². The van der Waals surface area contributed by atoms with Gasteiger partial charge in [-0.2, -0.15) is 0 Å². The van der Waals surface area contributed by atoms with E-state index in [0.717, 1.165) is 77.3 Å². The lowest BCUT2D eigenvalue weighted by molar-refractivity contribution is 0.669. The number of benzene rings is 8. The topological polar surface area (TPSA) is 65.0 Å². The van der Waals surface area contributed by atoms with E-state index in [4.69, 9.17) is 23.8 Å². The Morgan fingerprint density at radius 3 is 1.42 bits per heavy atom. The molecule has 0 fully saturated rings. The van der Waals surface area contributed by atoms with Crippen LogP contribution in [0.2, 0.25) is 0 Å². The van der Waals surface area contributed by atoms with Gasteiger partial charge in [0.1, 0.15) is 22.3 Å². The summed E-state index contributed by atoms with van der Waals surface area (Å²) in [5, 5.41) is 6.82. The molecule has 0 bridgehead atoms. The van der Waals surface area contributed by atoms with Crippen LogP contribution in [0.3, 0.4) is 0 Å². The first-order valence-corrected chi connectivity index (χ1v) is 19.7. The third-order valence-corrected chi connectivity index (χ3v) is 12.1. The van der Waals surface area contributed by atoms with Crippen LogP contribution in [0.4, 0.5) is 0 Å². The number of furan rings is 2. The molecular weight excluding hydrogens is 719 g/mol. The number of hydrogen-bond donors (Lipinski definition) is 0. The summed E-state index contributed by atoms with van der Waals surface area (Å²) >= 11 is 1.83. The van der Waals surface area contributed by atoms with Gasteiger partial charge < -0.3 is 8.83 Å². The van der Waals surface area contributed by atoms with Crippen molar-refractivity contribution in [1.82, 2.24) is 15.0 Å². The molecule has 4 aromatic heterocycles. The largest absolute Gasteiger partial charge is 0.456 e. The summed E-state index contributed by atoms with van der Waals surface area (Å²) in [6.45, 7) is 0. The van der Waals surface area contributed by atoms with E-state index in [0.29, 0.717) is 17.5 Å². The quantitative estimate of drug-likeness (QED) is 0.175. The van der Waals surface area contributed by atoms with E-state index in [1.165, 1.54) is 25.7 Å². The molecule has 12 aromatic rings. The molecule has 0 N–H and O–H groups in total. The highest BCUT2D eigenvalue weighted by molar-refractivity contribution is 7.25. The van der Waals surface area contributed by atoms with Crippen molar-refractivity contribution in [2.45, 2.75) is 0 Å². The molecule has 0 saturated heterocycles. The highest BCUT2D eigenvalue weighted by Gasteiger charge is 2.17. The lowest BCUT2D eigenvalue weighted by Crippen LogP contribution is -2.00. The third-order valence-electron chi connectivity index (χ3n) is 11.0. The van der Waals surface area contributed by atoms with Crippen LogP contribution in [0.25, 0.3) is 120 Å². The maximum atomic E-state index is 6.50. The van der Waals surface area contributed by atoms with Gasteiger partial charge in [-0.3, -0.25) is 0 Å². The van der Waals surface area contributed by atoms with Gasteiger partial charge in [0, 0.05) is 58.4 Å². The van der Waals surface area contributed by atoms with Gasteiger partial charge in [0.15, 0.2) is 17.5 Å². The van der Waals surface area contributed by atoms with Crippen LogP contribution in [0.5, 0.6) is 0 Å². The standard InChI is InChI=1S/C51H29N3O2S/c1-2-8-30(9-3-1)34-18-22-39-40-24-20-36(29-46(40)56-44(39)27-34)51-53-49(52-50(54-51)35-19-23-38-37-10-4-6-12-43(37)55-45(38)28-35)32-16-14-31(15-17-32)33-21-25-48-42(26-33)41-11-5-7-13-47(41)57-48/h1-29H. The van der Waals surface area contributed by atoms with Crippen LogP contribution in [0.15, 0.2) is 185 Å². The Bertz CT molecular complexity index is 3530. The van der Waals surface area contributed by atoms with Gasteiger partial charge in [-0.25, -0.2) is 15.0 Å². The monoisotopic (exact) mass is 747 g/mol. The summed E-state index contributed by atoms with van der Waals surface area (Å²) in [5.74, 6) is 1.71. The Morgan fingerprint density at radius 2 is 0.719 bits per heavy atom. The lowest BCUT2D eigenvalue weighted by Gasteiger charge is -2.09. The molecule has 5 nitrogen and oxygen atoms in total. The molecule has 12 rings (SSSR count). The SMILES string of the molecule is c1ccc(-c2ccc3c(c2)oc2cc(-c4nc(-c5ccc(-c6ccc7sc8ccccc8c7c6)cc5)nc(-c5ccc6c(c5)oc5ccccc56)n4)ccc23)cc1. The van der Waals surface area contributed by atoms with E-state index in [9.17, 15) is 0 Å². The van der Waals surface area contributed by atoms with Crippen LogP contribution in [-0.2, 0) is 0 Å². The van der Waals surface area contributed by atoms with E-state index in [1.54, 1.807) is 0 Å². The highest BCUT2D eigenvalue weighted by atomic mass is 32.1. The summed E-state index contributed by atoms with van der Waals surface area (Å²) in [5.41, 5.74) is 10.4. The first kappa shape index (κ1) is 31.9. The molecule has 0 saturated carbocycles. The zero-order valence-corrected chi connectivity index (χ0v) is 31.1. The van der Waals surface area contributed by atoms with Crippen molar-refractivity contribution in [3.8, 4) is 56.4 Å². The predicted octanol–water partition coefficient (Wildman–Crippen LogP) is 14.4. The normalized spacial score (nSPS) is 11.9. The molecule has 6 heteroatoms. The van der Waals surface area contributed by atoms with Gasteiger partial charge >= 0.3 is 0 Å². The molecule has 0 atom stereocenters. The molecule has 0 radical (unpaired) electrons. The zero-order chi connectivity index (χ0) is 37.5. The third kappa shape index (κ3) is 5.34. The fourth-order valence-electron chi connectivity index (χ4n) is 8.07. The van der Waals surface area contributed by atoms with Crippen molar-refractivity contribution >= 4 is 75.4 Å². The predicted molar refractivity (Wildman–Crippen MR) is 234 cm³/mol. The minimum atomic E-state index is 0.561. The molecule has 57 heavy (non-hydrogen) atoms. The van der Waals surface area contributed by atoms with Crippen molar-refractivity contribution in [2.75, 3.05) is 0 Å². The van der Waals surface area contributed by atoms with Crippen molar-refractivity contribution in [3.05, 3.63) is 176 Å². The Labute approximate surface area is 330 Å². The molecule has 0 unspecified atom stereocenters. The van der Waals surface area contributed by atoms with Gasteiger partial charge in [0.05, 0.1) is 0 Å². The maximum Gasteiger partial charge on any atom is 0.164 e. The zero-order valence-electron chi connectivity index (χ0n) is 30.3. The number of nitrogens with zero attached hydrogens (tertiary/aromatic N) is 3. The molecule has 0 aliphatic rings. The Balaban J connectivity index is 0.974. The molecule has 0 amide bonds. The maximum absolute atomic E-state index is 6.50. The van der Waals surface area contributed by atoms with Crippen LogP contribution < -0.4 is 0 Å². The number of rotatable bonds is 5. The molecule has 8 aromatic carbocycles. The molecular formula is C51H29N3O2S. The molecule has 0 aliphatic carbocycles. The fraction of sp³-hybridized carbons (Fsp3) is 0. The van der Waals surface area contributed by atoms with E-state index in [1.807, 2.05) is 47.7 Å². The number of fused-ring (bicyclic) bond motifs is 9. The Morgan fingerprint density at radius 1 is 0.281 bits per heavy atom. The second-order valence-corrected chi connectivity index (χ2v) is 15.5. The molecule has 4 heterocycles. The summed E-state index contributed by atoms with van der Waals surface area (Å²) in [4.78, 5) is 15.3. The van der Waals surface area contributed by atoms with Crippen molar-refractivity contribution in [3.63, 3.8) is 0 Å². The first-order chi connectivity index (χ1) is 28.2. The van der Waals surface area contributed by atoms with Crippen LogP contribution in [0, 0.1) is 0 Å². The lowest BCUT2D eigenvalue weighted by atomic mass is 10.0. The number of hydrogen-bond acceptors (Lipinski definition) is 6. The molecule has 0 spiro atoms. The number of para-hydroxylation sites is 1. The minimum Gasteiger partial charge on any atom is -0.456 e. The Kier molecular flexibility index (Phi) is 7.03. The van der Waals surface area contributed by atoms with Crippen LogP contribution >= 0.6 is 11.3 Å². The smallest absolute Gasteiger partial charge is 0.164 e. The second kappa shape index (κ2) is 12.6. The fourth-order valence-corrected chi connectivity index (χ4v) is 9.16. The van der Waals surface area contributed by atoms with Gasteiger partial charge in [-0.15, -0.1) is 11.3 Å². The Hall–Kier alpha value is -7.41. The average molecular weight is 748 g/mol. The van der Waals surface area contributed by atoms with E-state index in [2.05, 4.69) is 140 Å². The van der Waals surface area contributed by atoms with Crippen LogP contribution in [0.1, 0.15) is 0 Å². The molecule has 0 aliphatic heterocycles. The number of thiophene rings is 1. The van der Waals surface area contributed by atoms with Crippen molar-refractivity contribution < 1.29 is 8.83 Å². The van der Waals surface area contributed by atoms with Gasteiger partial charge in [0.2, 0.25) is 0 Å². The highest BCUT2D eigenvalue weighted by Crippen LogP contribution is 2.38. The van der Waals surface area contributed by atoms with E-state index < -0.39 is 0 Å². The summed E-state index contributed by atoms with van der Waals surface area (Å²) in [6.07, 6.45) is 0. The summed E-state index contributed by atoms with van der Waals surface area (Å²) in [7, 11) is 0. The van der Waals surface area contributed by atoms with E-state index >= 15 is 0 Å². The summed E-state index contributed by atoms with van der Waals surface area (Å²) in [6, 6.07) is 61.1. The minimum absolute atomic E-state index is 0.561. The number of aromatic nitrogens is 3. The van der Waals surface area contributed by atoms with Gasteiger partial charge in [0.25, 0.3) is 0 Å².